The fourth-order valence-corrected chi connectivity index (χ4v) is 4.10. The maximum Gasteiger partial charge on any atom is 0.161 e. The first-order valence-corrected chi connectivity index (χ1v) is 8.75. The van der Waals surface area contributed by atoms with Crippen LogP contribution >= 0.6 is 0 Å². The maximum atomic E-state index is 12.2. The van der Waals surface area contributed by atoms with Gasteiger partial charge in [-0.1, -0.05) is 39.7 Å². The Morgan fingerprint density at radius 1 is 1.17 bits per heavy atom. The Kier molecular flexibility index (Phi) is 5.72. The Morgan fingerprint density at radius 3 is 2.48 bits per heavy atom. The molecule has 1 fully saturated rings. The minimum absolute atomic E-state index is 0.0584. The highest BCUT2D eigenvalue weighted by Crippen LogP contribution is 2.49. The molecule has 1 aliphatic carbocycles. The van der Waals surface area contributed by atoms with Crippen molar-refractivity contribution in [2.75, 3.05) is 14.2 Å². The molecule has 128 valence electrons. The number of benzene rings is 1. The molecule has 3 unspecified atom stereocenters. The van der Waals surface area contributed by atoms with E-state index in [2.05, 4.69) is 32.9 Å². The smallest absolute Gasteiger partial charge is 0.161 e. The second kappa shape index (κ2) is 7.37. The van der Waals surface area contributed by atoms with Crippen molar-refractivity contribution in [2.45, 2.75) is 58.3 Å². The highest BCUT2D eigenvalue weighted by molar-refractivity contribution is 5.82. The van der Waals surface area contributed by atoms with Crippen LogP contribution in [0.1, 0.15) is 58.4 Å². The maximum absolute atomic E-state index is 12.2. The standard InChI is InChI=1S/C20H30O3/c1-6-7-11-20(12-10-17(21)14(2)15(20)3)16-8-9-18(22-4)19(13-16)23-5/h8-9,13-15H,6-7,10-12H2,1-5H3. The molecule has 0 heterocycles. The number of unbranched alkanes of at least 4 members (excludes halogenated alkanes) is 1. The van der Waals surface area contributed by atoms with E-state index >= 15 is 0 Å². The van der Waals surface area contributed by atoms with Gasteiger partial charge in [-0.3, -0.25) is 4.79 Å². The molecule has 3 atom stereocenters. The summed E-state index contributed by atoms with van der Waals surface area (Å²) >= 11 is 0. The van der Waals surface area contributed by atoms with E-state index in [1.807, 2.05) is 6.07 Å². The number of Topliss-reactive ketones (excluding diaryl/α,β-unsaturated/α-hetero) is 1. The van der Waals surface area contributed by atoms with Crippen molar-refractivity contribution in [3.8, 4) is 11.5 Å². The second-order valence-electron chi connectivity index (χ2n) is 6.87. The van der Waals surface area contributed by atoms with E-state index in [-0.39, 0.29) is 11.3 Å². The largest absolute Gasteiger partial charge is 0.493 e. The highest BCUT2D eigenvalue weighted by Gasteiger charge is 2.45. The van der Waals surface area contributed by atoms with E-state index in [0.717, 1.165) is 24.3 Å². The lowest BCUT2D eigenvalue weighted by Gasteiger charge is -2.46. The number of rotatable bonds is 6. The van der Waals surface area contributed by atoms with Crippen LogP contribution in [0.25, 0.3) is 0 Å². The van der Waals surface area contributed by atoms with Gasteiger partial charge in [-0.2, -0.15) is 0 Å². The molecule has 0 N–H and O–H groups in total. The van der Waals surface area contributed by atoms with E-state index in [9.17, 15) is 4.79 Å². The lowest BCUT2D eigenvalue weighted by molar-refractivity contribution is -0.128. The fourth-order valence-electron chi connectivity index (χ4n) is 4.10. The second-order valence-corrected chi connectivity index (χ2v) is 6.87. The molecule has 1 aromatic carbocycles. The van der Waals surface area contributed by atoms with E-state index in [4.69, 9.17) is 9.47 Å². The predicted molar refractivity (Wildman–Crippen MR) is 93.3 cm³/mol. The van der Waals surface area contributed by atoms with Gasteiger partial charge in [0.25, 0.3) is 0 Å². The average molecular weight is 318 g/mol. The van der Waals surface area contributed by atoms with E-state index < -0.39 is 0 Å². The van der Waals surface area contributed by atoms with Gasteiger partial charge in [-0.25, -0.2) is 0 Å². The zero-order valence-corrected chi connectivity index (χ0v) is 15.1. The van der Waals surface area contributed by atoms with Gasteiger partial charge in [0, 0.05) is 12.3 Å². The minimum atomic E-state index is 0.0584. The lowest BCUT2D eigenvalue weighted by Crippen LogP contribution is -2.44. The van der Waals surface area contributed by atoms with Crippen LogP contribution in [-0.4, -0.2) is 20.0 Å². The van der Waals surface area contributed by atoms with Crippen molar-refractivity contribution in [2.24, 2.45) is 11.8 Å². The summed E-state index contributed by atoms with van der Waals surface area (Å²) < 4.78 is 10.9. The van der Waals surface area contributed by atoms with Gasteiger partial charge >= 0.3 is 0 Å². The predicted octanol–water partition coefficient (Wildman–Crippen LogP) is 4.77. The summed E-state index contributed by atoms with van der Waals surface area (Å²) in [5, 5.41) is 0. The molecule has 1 aromatic rings. The van der Waals surface area contributed by atoms with Gasteiger partial charge in [0.1, 0.15) is 5.78 Å². The third kappa shape index (κ3) is 3.24. The van der Waals surface area contributed by atoms with Crippen LogP contribution in [0.2, 0.25) is 0 Å². The summed E-state index contributed by atoms with van der Waals surface area (Å²) in [6, 6.07) is 6.28. The van der Waals surface area contributed by atoms with Gasteiger partial charge < -0.3 is 9.47 Å². The molecule has 3 heteroatoms. The summed E-state index contributed by atoms with van der Waals surface area (Å²) in [6.07, 6.45) is 5.10. The van der Waals surface area contributed by atoms with Crippen LogP contribution in [-0.2, 0) is 10.2 Å². The number of ether oxygens (including phenoxy) is 2. The van der Waals surface area contributed by atoms with Crippen molar-refractivity contribution >= 4 is 5.78 Å². The lowest BCUT2D eigenvalue weighted by atomic mass is 9.57. The molecule has 0 amide bonds. The van der Waals surface area contributed by atoms with Gasteiger partial charge in [0.2, 0.25) is 0 Å². The third-order valence-electron chi connectivity index (χ3n) is 5.88. The summed E-state index contributed by atoms with van der Waals surface area (Å²) in [6.45, 7) is 6.56. The molecule has 0 saturated heterocycles. The number of carbonyl (C=O) groups excluding carboxylic acids is 1. The zero-order valence-electron chi connectivity index (χ0n) is 15.1. The van der Waals surface area contributed by atoms with Crippen LogP contribution in [0.15, 0.2) is 18.2 Å². The molecular formula is C20H30O3. The number of ketones is 1. The molecule has 1 aliphatic rings. The van der Waals surface area contributed by atoms with Crippen molar-refractivity contribution in [3.63, 3.8) is 0 Å². The van der Waals surface area contributed by atoms with Gasteiger partial charge in [-0.05, 0) is 41.9 Å². The number of hydrogen-bond acceptors (Lipinski definition) is 3. The quantitative estimate of drug-likeness (QED) is 0.758. The number of methoxy groups -OCH3 is 2. The zero-order chi connectivity index (χ0) is 17.0. The summed E-state index contributed by atoms with van der Waals surface area (Å²) in [4.78, 5) is 12.2. The van der Waals surface area contributed by atoms with Gasteiger partial charge in [-0.15, -0.1) is 0 Å². The fraction of sp³-hybridized carbons (Fsp3) is 0.650. The van der Waals surface area contributed by atoms with E-state index in [0.29, 0.717) is 18.1 Å². The monoisotopic (exact) mass is 318 g/mol. The molecule has 3 nitrogen and oxygen atoms in total. The number of carbonyl (C=O) groups is 1. The van der Waals surface area contributed by atoms with Crippen LogP contribution in [0, 0.1) is 11.8 Å². The third-order valence-corrected chi connectivity index (χ3v) is 5.88. The van der Waals surface area contributed by atoms with E-state index in [1.54, 1.807) is 14.2 Å². The van der Waals surface area contributed by atoms with Crippen molar-refractivity contribution in [1.29, 1.82) is 0 Å². The first-order chi connectivity index (χ1) is 11.0. The van der Waals surface area contributed by atoms with Gasteiger partial charge in [0.15, 0.2) is 11.5 Å². The first-order valence-electron chi connectivity index (χ1n) is 8.75. The molecule has 0 spiro atoms. The number of hydrogen-bond donors (Lipinski definition) is 0. The minimum Gasteiger partial charge on any atom is -0.493 e. The Morgan fingerprint density at radius 2 is 1.87 bits per heavy atom. The Labute approximate surface area is 140 Å². The SMILES string of the molecule is CCCCC1(c2ccc(OC)c(OC)c2)CCC(=O)C(C)C1C. The molecular weight excluding hydrogens is 288 g/mol. The van der Waals surface area contributed by atoms with Crippen molar-refractivity contribution in [3.05, 3.63) is 23.8 Å². The summed E-state index contributed by atoms with van der Waals surface area (Å²) in [7, 11) is 3.34. The average Bonchev–Trinajstić information content (AvgIpc) is 2.59. The summed E-state index contributed by atoms with van der Waals surface area (Å²) in [5.74, 6) is 2.40. The Balaban J connectivity index is 2.48. The summed E-state index contributed by atoms with van der Waals surface area (Å²) in [5.41, 5.74) is 1.35. The van der Waals surface area contributed by atoms with Gasteiger partial charge in [0.05, 0.1) is 14.2 Å². The van der Waals surface area contributed by atoms with Crippen LogP contribution < -0.4 is 9.47 Å². The molecule has 0 radical (unpaired) electrons. The first kappa shape index (κ1) is 17.8. The Hall–Kier alpha value is -1.51. The molecule has 0 bridgehead atoms. The molecule has 23 heavy (non-hydrogen) atoms. The molecule has 1 saturated carbocycles. The molecule has 2 rings (SSSR count). The molecule has 0 aliphatic heterocycles. The van der Waals surface area contributed by atoms with Crippen LogP contribution in [0.3, 0.4) is 0 Å². The van der Waals surface area contributed by atoms with Crippen LogP contribution in [0.5, 0.6) is 11.5 Å². The molecule has 0 aromatic heterocycles. The van der Waals surface area contributed by atoms with Crippen molar-refractivity contribution in [1.82, 2.24) is 0 Å². The topological polar surface area (TPSA) is 35.5 Å². The van der Waals surface area contributed by atoms with E-state index in [1.165, 1.54) is 18.4 Å². The normalized spacial score (nSPS) is 27.8. The van der Waals surface area contributed by atoms with Crippen LogP contribution in [0.4, 0.5) is 0 Å². The van der Waals surface area contributed by atoms with Crippen molar-refractivity contribution < 1.29 is 14.3 Å². The Bertz CT molecular complexity index is 552. The highest BCUT2D eigenvalue weighted by atomic mass is 16.5.